The Morgan fingerprint density at radius 2 is 2.12 bits per heavy atom. The maximum Gasteiger partial charge on any atom is 0.164 e. The van der Waals surface area contributed by atoms with Crippen molar-refractivity contribution in [1.29, 1.82) is 0 Å². The van der Waals surface area contributed by atoms with E-state index in [-0.39, 0.29) is 0 Å². The van der Waals surface area contributed by atoms with E-state index in [1.165, 1.54) is 18.5 Å². The maximum absolute atomic E-state index is 5.82. The summed E-state index contributed by atoms with van der Waals surface area (Å²) in [6, 6.07) is 10.2. The lowest BCUT2D eigenvalue weighted by molar-refractivity contribution is 0.630. The molecule has 0 spiro atoms. The van der Waals surface area contributed by atoms with Crippen LogP contribution in [0.3, 0.4) is 0 Å². The van der Waals surface area contributed by atoms with E-state index < -0.39 is 0 Å². The summed E-state index contributed by atoms with van der Waals surface area (Å²) in [6.45, 7) is 0. The number of thiazole rings is 1. The van der Waals surface area contributed by atoms with Crippen LogP contribution in [0.25, 0.3) is 21.7 Å². The second-order valence-corrected chi connectivity index (χ2v) is 5.36. The molecule has 0 atom stereocenters. The van der Waals surface area contributed by atoms with Crippen molar-refractivity contribution in [2.24, 2.45) is 0 Å². The summed E-state index contributed by atoms with van der Waals surface area (Å²) < 4.78 is 5.82. The second kappa shape index (κ2) is 3.44. The van der Waals surface area contributed by atoms with Gasteiger partial charge in [0.05, 0.1) is 5.69 Å². The highest BCUT2D eigenvalue weighted by Crippen LogP contribution is 2.41. The fourth-order valence-corrected chi connectivity index (χ4v) is 2.91. The molecule has 1 aromatic carbocycles. The van der Waals surface area contributed by atoms with Crippen molar-refractivity contribution in [2.75, 3.05) is 0 Å². The number of aromatic nitrogens is 1. The standard InChI is InChI=1S/C14H11NOS/c1-2-4-12-10(3-1)7-13(16-12)14-15-11(8-17-14)9-5-6-9/h1-4,7-9H,5-6H2. The van der Waals surface area contributed by atoms with Crippen LogP contribution < -0.4 is 0 Å². The van der Waals surface area contributed by atoms with Gasteiger partial charge in [0.2, 0.25) is 0 Å². The van der Waals surface area contributed by atoms with Gasteiger partial charge in [-0.05, 0) is 25.0 Å². The first kappa shape index (κ1) is 9.42. The third kappa shape index (κ3) is 1.58. The van der Waals surface area contributed by atoms with Gasteiger partial charge in [-0.1, -0.05) is 18.2 Å². The molecule has 1 aliphatic rings. The lowest BCUT2D eigenvalue weighted by Gasteiger charge is -1.88. The van der Waals surface area contributed by atoms with Crippen LogP contribution in [0.15, 0.2) is 40.1 Å². The molecule has 84 valence electrons. The molecule has 0 saturated heterocycles. The topological polar surface area (TPSA) is 26.0 Å². The molecule has 4 rings (SSSR count). The van der Waals surface area contributed by atoms with Gasteiger partial charge in [0.1, 0.15) is 5.58 Å². The average Bonchev–Trinajstić information content (AvgIpc) is 2.94. The van der Waals surface area contributed by atoms with Gasteiger partial charge in [0.25, 0.3) is 0 Å². The van der Waals surface area contributed by atoms with Crippen LogP contribution in [0.5, 0.6) is 0 Å². The minimum atomic E-state index is 0.712. The molecular formula is C14H11NOS. The molecule has 17 heavy (non-hydrogen) atoms. The van der Waals surface area contributed by atoms with Gasteiger partial charge < -0.3 is 4.42 Å². The number of benzene rings is 1. The van der Waals surface area contributed by atoms with E-state index in [1.807, 2.05) is 18.2 Å². The van der Waals surface area contributed by atoms with Crippen molar-refractivity contribution >= 4 is 22.3 Å². The van der Waals surface area contributed by atoms with Crippen LogP contribution in [0.1, 0.15) is 24.5 Å². The summed E-state index contributed by atoms with van der Waals surface area (Å²) in [4.78, 5) is 4.66. The quantitative estimate of drug-likeness (QED) is 0.663. The summed E-state index contributed by atoms with van der Waals surface area (Å²) in [5, 5.41) is 4.31. The van der Waals surface area contributed by atoms with E-state index in [0.29, 0.717) is 5.92 Å². The van der Waals surface area contributed by atoms with Gasteiger partial charge in [0, 0.05) is 16.7 Å². The largest absolute Gasteiger partial charge is 0.454 e. The Bertz CT molecular complexity index is 645. The van der Waals surface area contributed by atoms with Crippen LogP contribution in [0, 0.1) is 0 Å². The van der Waals surface area contributed by atoms with Crippen molar-refractivity contribution < 1.29 is 4.42 Å². The Balaban J connectivity index is 1.80. The predicted octanol–water partition coefficient (Wildman–Crippen LogP) is 4.43. The first-order valence-corrected chi connectivity index (χ1v) is 6.72. The fraction of sp³-hybridized carbons (Fsp3) is 0.214. The Labute approximate surface area is 103 Å². The van der Waals surface area contributed by atoms with Gasteiger partial charge in [-0.25, -0.2) is 4.98 Å². The smallest absolute Gasteiger partial charge is 0.164 e. The van der Waals surface area contributed by atoms with Gasteiger partial charge >= 0.3 is 0 Å². The molecule has 3 aromatic rings. The zero-order valence-electron chi connectivity index (χ0n) is 9.22. The number of hydrogen-bond donors (Lipinski definition) is 0. The Hall–Kier alpha value is -1.61. The average molecular weight is 241 g/mol. The van der Waals surface area contributed by atoms with Crippen molar-refractivity contribution in [3.05, 3.63) is 41.4 Å². The lowest BCUT2D eigenvalue weighted by Crippen LogP contribution is -1.78. The SMILES string of the molecule is c1ccc2oc(-c3nc(C4CC4)cs3)cc2c1. The highest BCUT2D eigenvalue weighted by Gasteiger charge is 2.26. The molecular weight excluding hydrogens is 230 g/mol. The van der Waals surface area contributed by atoms with E-state index >= 15 is 0 Å². The Morgan fingerprint density at radius 3 is 2.94 bits per heavy atom. The summed E-state index contributed by atoms with van der Waals surface area (Å²) >= 11 is 1.68. The minimum Gasteiger partial charge on any atom is -0.454 e. The third-order valence-electron chi connectivity index (χ3n) is 3.15. The van der Waals surface area contributed by atoms with Crippen LogP contribution in [0.4, 0.5) is 0 Å². The van der Waals surface area contributed by atoms with Crippen LogP contribution in [-0.4, -0.2) is 4.98 Å². The summed E-state index contributed by atoms with van der Waals surface area (Å²) in [6.07, 6.45) is 2.59. The molecule has 1 fully saturated rings. The molecule has 0 radical (unpaired) electrons. The molecule has 0 bridgehead atoms. The van der Waals surface area contributed by atoms with Crippen LogP contribution >= 0.6 is 11.3 Å². The maximum atomic E-state index is 5.82. The van der Waals surface area contributed by atoms with E-state index in [1.54, 1.807) is 11.3 Å². The van der Waals surface area contributed by atoms with Gasteiger partial charge in [0.15, 0.2) is 10.8 Å². The molecule has 2 aromatic heterocycles. The molecule has 0 amide bonds. The molecule has 1 aliphatic carbocycles. The zero-order chi connectivity index (χ0) is 11.2. The molecule has 0 unspecified atom stereocenters. The second-order valence-electron chi connectivity index (χ2n) is 4.50. The minimum absolute atomic E-state index is 0.712. The number of para-hydroxylation sites is 1. The predicted molar refractivity (Wildman–Crippen MR) is 69.3 cm³/mol. The number of fused-ring (bicyclic) bond motifs is 1. The van der Waals surface area contributed by atoms with E-state index in [2.05, 4.69) is 22.5 Å². The summed E-state index contributed by atoms with van der Waals surface area (Å²) in [7, 11) is 0. The number of hydrogen-bond acceptors (Lipinski definition) is 3. The van der Waals surface area contributed by atoms with E-state index in [4.69, 9.17) is 4.42 Å². The van der Waals surface area contributed by atoms with Crippen LogP contribution in [0.2, 0.25) is 0 Å². The molecule has 0 N–H and O–H groups in total. The lowest BCUT2D eigenvalue weighted by atomic mass is 10.2. The van der Waals surface area contributed by atoms with Crippen molar-refractivity contribution in [3.63, 3.8) is 0 Å². The molecule has 1 saturated carbocycles. The highest BCUT2D eigenvalue weighted by molar-refractivity contribution is 7.13. The highest BCUT2D eigenvalue weighted by atomic mass is 32.1. The number of furan rings is 1. The zero-order valence-corrected chi connectivity index (χ0v) is 10.0. The third-order valence-corrected chi connectivity index (χ3v) is 4.03. The molecule has 2 heterocycles. The monoisotopic (exact) mass is 241 g/mol. The summed E-state index contributed by atoms with van der Waals surface area (Å²) in [5.41, 5.74) is 2.18. The van der Waals surface area contributed by atoms with Crippen molar-refractivity contribution in [3.8, 4) is 10.8 Å². The van der Waals surface area contributed by atoms with Crippen molar-refractivity contribution in [1.82, 2.24) is 4.98 Å². The first-order valence-electron chi connectivity index (χ1n) is 5.84. The molecule has 0 aliphatic heterocycles. The fourth-order valence-electron chi connectivity index (χ4n) is 2.05. The number of nitrogens with zero attached hydrogens (tertiary/aromatic N) is 1. The van der Waals surface area contributed by atoms with E-state index in [0.717, 1.165) is 21.7 Å². The van der Waals surface area contributed by atoms with Crippen LogP contribution in [-0.2, 0) is 0 Å². The normalized spacial score (nSPS) is 15.5. The molecule has 3 heteroatoms. The Kier molecular flexibility index (Phi) is 1.91. The molecule has 2 nitrogen and oxygen atoms in total. The van der Waals surface area contributed by atoms with Gasteiger partial charge in [-0.3, -0.25) is 0 Å². The first-order chi connectivity index (χ1) is 8.40. The Morgan fingerprint density at radius 1 is 1.24 bits per heavy atom. The van der Waals surface area contributed by atoms with Gasteiger partial charge in [-0.15, -0.1) is 11.3 Å². The number of rotatable bonds is 2. The summed E-state index contributed by atoms with van der Waals surface area (Å²) in [5.74, 6) is 1.60. The van der Waals surface area contributed by atoms with Crippen molar-refractivity contribution in [2.45, 2.75) is 18.8 Å². The van der Waals surface area contributed by atoms with Gasteiger partial charge in [-0.2, -0.15) is 0 Å². The van der Waals surface area contributed by atoms with E-state index in [9.17, 15) is 0 Å².